The summed E-state index contributed by atoms with van der Waals surface area (Å²) < 4.78 is 4.56. The number of hydrogen-bond donors (Lipinski definition) is 1. The Morgan fingerprint density at radius 1 is 1.54 bits per heavy atom. The minimum absolute atomic E-state index is 0.176. The number of methoxy groups -OCH3 is 1. The van der Waals surface area contributed by atoms with Crippen LogP contribution in [0.25, 0.3) is 0 Å². The van der Waals surface area contributed by atoms with Crippen LogP contribution in [0.3, 0.4) is 0 Å². The normalized spacial score (nSPS) is 20.2. The average Bonchev–Trinajstić information content (AvgIpc) is 2.66. The molecule has 0 aromatic carbocycles. The highest BCUT2D eigenvalue weighted by molar-refractivity contribution is 5.71. The van der Waals surface area contributed by atoms with E-state index in [1.807, 2.05) is 0 Å². The third-order valence-electron chi connectivity index (χ3n) is 2.90. The molecule has 0 radical (unpaired) electrons. The summed E-state index contributed by atoms with van der Waals surface area (Å²) in [7, 11) is 1.42. The number of esters is 1. The van der Waals surface area contributed by atoms with Crippen molar-refractivity contribution < 1.29 is 9.53 Å². The van der Waals surface area contributed by atoms with Crippen LogP contribution in [-0.4, -0.2) is 25.7 Å². The molecule has 0 heterocycles. The Bertz CT molecular complexity index is 164. The highest BCUT2D eigenvalue weighted by atomic mass is 16.5. The Balaban J connectivity index is 2.16. The van der Waals surface area contributed by atoms with Crippen LogP contribution in [-0.2, 0) is 9.53 Å². The zero-order valence-electron chi connectivity index (χ0n) is 8.51. The fraction of sp³-hybridized carbons (Fsp3) is 0.900. The molecule has 1 saturated carbocycles. The van der Waals surface area contributed by atoms with E-state index in [4.69, 9.17) is 0 Å². The molecule has 1 aliphatic rings. The summed E-state index contributed by atoms with van der Waals surface area (Å²) in [5.41, 5.74) is 0. The molecule has 3 nitrogen and oxygen atoms in total. The van der Waals surface area contributed by atoms with Gasteiger partial charge in [-0.1, -0.05) is 12.8 Å². The van der Waals surface area contributed by atoms with Crippen molar-refractivity contribution in [3.05, 3.63) is 0 Å². The maximum Gasteiger partial charge on any atom is 0.319 e. The van der Waals surface area contributed by atoms with Gasteiger partial charge in [-0.3, -0.25) is 4.79 Å². The van der Waals surface area contributed by atoms with E-state index in [-0.39, 0.29) is 5.97 Å². The Morgan fingerprint density at radius 2 is 2.15 bits per heavy atom. The van der Waals surface area contributed by atoms with Crippen molar-refractivity contribution in [2.45, 2.75) is 38.6 Å². The Hall–Kier alpha value is -0.570. The molecule has 1 fully saturated rings. The molecule has 1 N–H and O–H groups in total. The van der Waals surface area contributed by atoms with Gasteiger partial charge in [0.05, 0.1) is 13.7 Å². The van der Waals surface area contributed by atoms with Crippen LogP contribution < -0.4 is 5.32 Å². The summed E-state index contributed by atoms with van der Waals surface area (Å²) in [6.07, 6.45) is 5.29. The fourth-order valence-corrected chi connectivity index (χ4v) is 1.94. The number of carbonyl (C=O) groups is 1. The first-order valence-electron chi connectivity index (χ1n) is 5.04. The lowest BCUT2D eigenvalue weighted by Gasteiger charge is -2.19. The lowest BCUT2D eigenvalue weighted by molar-refractivity contribution is -0.139. The monoisotopic (exact) mass is 185 g/mol. The number of carbonyl (C=O) groups excluding carboxylic acids is 1. The van der Waals surface area contributed by atoms with Crippen LogP contribution >= 0.6 is 0 Å². The molecule has 1 aliphatic carbocycles. The predicted octanol–water partition coefficient (Wildman–Crippen LogP) is 1.33. The van der Waals surface area contributed by atoms with Crippen molar-refractivity contribution in [3.63, 3.8) is 0 Å². The maximum absolute atomic E-state index is 10.8. The Kier molecular flexibility index (Phi) is 4.22. The largest absolute Gasteiger partial charge is 0.468 e. The number of nitrogens with one attached hydrogen (secondary N) is 1. The molecule has 0 amide bonds. The van der Waals surface area contributed by atoms with Crippen LogP contribution in [0.4, 0.5) is 0 Å². The van der Waals surface area contributed by atoms with Gasteiger partial charge >= 0.3 is 5.97 Å². The van der Waals surface area contributed by atoms with Crippen LogP contribution in [0.15, 0.2) is 0 Å². The van der Waals surface area contributed by atoms with E-state index in [9.17, 15) is 4.79 Å². The lowest BCUT2D eigenvalue weighted by Crippen LogP contribution is -2.36. The molecule has 1 atom stereocenters. The Morgan fingerprint density at radius 3 is 2.69 bits per heavy atom. The van der Waals surface area contributed by atoms with Crippen molar-refractivity contribution in [1.82, 2.24) is 5.32 Å². The summed E-state index contributed by atoms with van der Waals surface area (Å²) >= 11 is 0. The van der Waals surface area contributed by atoms with Crippen LogP contribution in [0.2, 0.25) is 0 Å². The van der Waals surface area contributed by atoms with Crippen molar-refractivity contribution in [2.24, 2.45) is 5.92 Å². The van der Waals surface area contributed by atoms with Gasteiger partial charge in [-0.15, -0.1) is 0 Å². The highest BCUT2D eigenvalue weighted by Gasteiger charge is 2.21. The first-order chi connectivity index (χ1) is 6.24. The molecular weight excluding hydrogens is 166 g/mol. The smallest absolute Gasteiger partial charge is 0.319 e. The molecule has 0 aromatic heterocycles. The number of rotatable bonds is 4. The first kappa shape index (κ1) is 10.5. The second kappa shape index (κ2) is 5.22. The molecule has 13 heavy (non-hydrogen) atoms. The molecule has 0 spiro atoms. The van der Waals surface area contributed by atoms with E-state index in [0.29, 0.717) is 12.6 Å². The number of hydrogen-bond acceptors (Lipinski definition) is 3. The fourth-order valence-electron chi connectivity index (χ4n) is 1.94. The van der Waals surface area contributed by atoms with Gasteiger partial charge in [-0.2, -0.15) is 0 Å². The third-order valence-corrected chi connectivity index (χ3v) is 2.90. The van der Waals surface area contributed by atoms with Gasteiger partial charge in [-0.25, -0.2) is 0 Å². The topological polar surface area (TPSA) is 38.3 Å². The van der Waals surface area contributed by atoms with Gasteiger partial charge in [0, 0.05) is 6.04 Å². The molecule has 1 rings (SSSR count). The van der Waals surface area contributed by atoms with E-state index >= 15 is 0 Å². The summed E-state index contributed by atoms with van der Waals surface area (Å²) in [6.45, 7) is 2.49. The molecular formula is C10H19NO2. The van der Waals surface area contributed by atoms with Crippen molar-refractivity contribution in [2.75, 3.05) is 13.7 Å². The van der Waals surface area contributed by atoms with Crippen molar-refractivity contribution in [3.8, 4) is 0 Å². The maximum atomic E-state index is 10.8. The zero-order chi connectivity index (χ0) is 9.68. The average molecular weight is 185 g/mol. The van der Waals surface area contributed by atoms with Gasteiger partial charge in [0.1, 0.15) is 0 Å². The summed E-state index contributed by atoms with van der Waals surface area (Å²) in [4.78, 5) is 10.8. The lowest BCUT2D eigenvalue weighted by atomic mass is 10.00. The van der Waals surface area contributed by atoms with Gasteiger partial charge in [-0.05, 0) is 25.7 Å². The van der Waals surface area contributed by atoms with Gasteiger partial charge in [0.2, 0.25) is 0 Å². The molecule has 3 heteroatoms. The van der Waals surface area contributed by atoms with Crippen LogP contribution in [0.1, 0.15) is 32.6 Å². The standard InChI is InChI=1S/C10H19NO2/c1-8(9-5-3-4-6-9)11-7-10(12)13-2/h8-9,11H,3-7H2,1-2H3. The highest BCUT2D eigenvalue weighted by Crippen LogP contribution is 2.27. The SMILES string of the molecule is COC(=O)CNC(C)C1CCCC1. The van der Waals surface area contributed by atoms with Crippen molar-refractivity contribution >= 4 is 5.97 Å². The van der Waals surface area contributed by atoms with Crippen LogP contribution in [0, 0.1) is 5.92 Å². The zero-order valence-corrected chi connectivity index (χ0v) is 8.51. The number of ether oxygens (including phenoxy) is 1. The van der Waals surface area contributed by atoms with E-state index in [1.165, 1.54) is 32.8 Å². The summed E-state index contributed by atoms with van der Waals surface area (Å²) in [6, 6.07) is 0.446. The van der Waals surface area contributed by atoms with Gasteiger partial charge in [0.25, 0.3) is 0 Å². The van der Waals surface area contributed by atoms with Gasteiger partial charge in [0.15, 0.2) is 0 Å². The molecule has 0 bridgehead atoms. The van der Waals surface area contributed by atoms with E-state index in [0.717, 1.165) is 5.92 Å². The molecule has 76 valence electrons. The van der Waals surface area contributed by atoms with E-state index < -0.39 is 0 Å². The third kappa shape index (κ3) is 3.35. The molecule has 0 aromatic rings. The Labute approximate surface area is 79.8 Å². The first-order valence-corrected chi connectivity index (χ1v) is 5.04. The summed E-state index contributed by atoms with van der Waals surface area (Å²) in [5.74, 6) is 0.578. The molecule has 0 aliphatic heterocycles. The quantitative estimate of drug-likeness (QED) is 0.671. The van der Waals surface area contributed by atoms with E-state index in [1.54, 1.807) is 0 Å². The van der Waals surface area contributed by atoms with Crippen molar-refractivity contribution in [1.29, 1.82) is 0 Å². The van der Waals surface area contributed by atoms with Gasteiger partial charge < -0.3 is 10.1 Å². The van der Waals surface area contributed by atoms with E-state index in [2.05, 4.69) is 17.0 Å². The minimum atomic E-state index is -0.176. The minimum Gasteiger partial charge on any atom is -0.468 e. The molecule has 1 unspecified atom stereocenters. The predicted molar refractivity (Wildman–Crippen MR) is 51.4 cm³/mol. The second-order valence-electron chi connectivity index (χ2n) is 3.79. The van der Waals surface area contributed by atoms with Crippen LogP contribution in [0.5, 0.6) is 0 Å². The second-order valence-corrected chi connectivity index (χ2v) is 3.79. The molecule has 0 saturated heterocycles. The summed E-state index contributed by atoms with van der Waals surface area (Å²) in [5, 5.41) is 3.20.